The highest BCUT2D eigenvalue weighted by atomic mass is 31.1. The van der Waals surface area contributed by atoms with Gasteiger partial charge in [0.1, 0.15) is 11.4 Å². The highest BCUT2D eigenvalue weighted by Gasteiger charge is 2.58. The molecule has 0 aromatic heterocycles. The van der Waals surface area contributed by atoms with Crippen LogP contribution in [-0.2, 0) is 9.47 Å². The Hall–Kier alpha value is -4.48. The average Bonchev–Trinajstić information content (AvgIpc) is 3.56. The summed E-state index contributed by atoms with van der Waals surface area (Å²) in [5.74, 6) is -0.581. The molecule has 0 spiro atoms. The van der Waals surface area contributed by atoms with Crippen molar-refractivity contribution in [2.75, 3.05) is 0 Å². The molecule has 246 valence electrons. The molecule has 1 atom stereocenters. The van der Waals surface area contributed by atoms with E-state index in [2.05, 4.69) is 0 Å². The van der Waals surface area contributed by atoms with Gasteiger partial charge in [-0.25, -0.2) is 0 Å². The number of halogens is 4. The molecule has 2 heterocycles. The van der Waals surface area contributed by atoms with E-state index in [1.807, 2.05) is 127 Å². The van der Waals surface area contributed by atoms with Crippen LogP contribution in [0.15, 0.2) is 151 Å². The molecule has 1 unspecified atom stereocenters. The summed E-state index contributed by atoms with van der Waals surface area (Å²) in [7, 11) is -2.89. The van der Waals surface area contributed by atoms with Crippen LogP contribution in [-0.4, -0.2) is 18.2 Å². The number of hydrogen-bond donors (Lipinski definition) is 0. The Morgan fingerprint density at radius 2 is 1.04 bits per heavy atom. The third-order valence-corrected chi connectivity index (χ3v) is 13.6. The van der Waals surface area contributed by atoms with E-state index in [9.17, 15) is 0 Å². The first-order valence-corrected chi connectivity index (χ1v) is 18.3. The Morgan fingerprint density at radius 3 is 1.55 bits per heavy atom. The number of rotatable bonds is 7. The Kier molecular flexibility index (Phi) is 7.87. The van der Waals surface area contributed by atoms with E-state index in [-0.39, 0.29) is 34.8 Å². The SMILES string of the molecule is CC12CC=C(P(c3ccccc3)c3ccccc3)C(c3c(P(c4ccccc4)c4ccccc4)ccc4c3OC(F)(F)O4)=C1OC(F)(F)O2. The van der Waals surface area contributed by atoms with Crippen LogP contribution in [0.2, 0.25) is 0 Å². The zero-order valence-electron chi connectivity index (χ0n) is 26.0. The van der Waals surface area contributed by atoms with E-state index < -0.39 is 34.0 Å². The predicted octanol–water partition coefficient (Wildman–Crippen LogP) is 8.25. The van der Waals surface area contributed by atoms with Crippen LogP contribution in [0.3, 0.4) is 0 Å². The van der Waals surface area contributed by atoms with Gasteiger partial charge in [-0.3, -0.25) is 4.74 Å². The highest BCUT2D eigenvalue weighted by Crippen LogP contribution is 2.61. The summed E-state index contributed by atoms with van der Waals surface area (Å²) in [6.45, 7) is 1.54. The van der Waals surface area contributed by atoms with Gasteiger partial charge in [-0.2, -0.15) is 0 Å². The molecular formula is C39H28F4O4P2. The van der Waals surface area contributed by atoms with Gasteiger partial charge in [0.2, 0.25) is 0 Å². The van der Waals surface area contributed by atoms with Gasteiger partial charge in [-0.05, 0) is 66.7 Å². The van der Waals surface area contributed by atoms with E-state index in [0.29, 0.717) is 10.6 Å². The maximum Gasteiger partial charge on any atom is 0.586 e. The van der Waals surface area contributed by atoms with Crippen molar-refractivity contribution in [2.24, 2.45) is 0 Å². The third-order valence-electron chi connectivity index (χ3n) is 8.55. The Bertz CT molecular complexity index is 2000. The molecule has 5 aromatic rings. The molecule has 5 aromatic carbocycles. The topological polar surface area (TPSA) is 36.9 Å². The fourth-order valence-corrected chi connectivity index (χ4v) is 11.5. The average molecular weight is 699 g/mol. The van der Waals surface area contributed by atoms with Gasteiger partial charge in [0.25, 0.3) is 0 Å². The number of hydrogen-bond acceptors (Lipinski definition) is 4. The first-order chi connectivity index (χ1) is 23.6. The van der Waals surface area contributed by atoms with Crippen molar-refractivity contribution in [1.29, 1.82) is 0 Å². The minimum Gasteiger partial charge on any atom is -0.410 e. The Labute approximate surface area is 283 Å². The Morgan fingerprint density at radius 1 is 0.551 bits per heavy atom. The fourth-order valence-electron chi connectivity index (χ4n) is 6.55. The summed E-state index contributed by atoms with van der Waals surface area (Å²) in [6, 6.07) is 42.0. The smallest absolute Gasteiger partial charge is 0.410 e. The predicted molar refractivity (Wildman–Crippen MR) is 186 cm³/mol. The standard InChI is InChI=1S/C39H28F4O4P2/c1-37-25-24-32(49(28-18-10-4-11-19-28)29-20-12-5-13-21-29)34(36(37)46-39(42,43)47-37)33-31(23-22-30-35(33)45-38(40,41)44-30)48(26-14-6-2-7-15-26)27-16-8-3-9-17-27/h2-24H,25H2,1H3. The van der Waals surface area contributed by atoms with Crippen LogP contribution < -0.4 is 36.0 Å². The third kappa shape index (κ3) is 5.82. The summed E-state index contributed by atoms with van der Waals surface area (Å²) in [4.78, 5) is 0. The summed E-state index contributed by atoms with van der Waals surface area (Å²) in [5.41, 5.74) is -1.15. The first kappa shape index (κ1) is 31.8. The van der Waals surface area contributed by atoms with Crippen molar-refractivity contribution in [3.05, 3.63) is 156 Å². The number of benzene rings is 5. The molecule has 0 radical (unpaired) electrons. The van der Waals surface area contributed by atoms with Crippen LogP contribution >= 0.6 is 15.8 Å². The van der Waals surface area contributed by atoms with Gasteiger partial charge in [-0.1, -0.05) is 127 Å². The minimum atomic E-state index is -3.98. The molecule has 8 rings (SSSR count). The second-order valence-corrected chi connectivity index (χ2v) is 16.2. The second-order valence-electron chi connectivity index (χ2n) is 11.9. The van der Waals surface area contributed by atoms with E-state index in [1.165, 1.54) is 13.0 Å². The van der Waals surface area contributed by atoms with Crippen molar-refractivity contribution in [2.45, 2.75) is 31.5 Å². The van der Waals surface area contributed by atoms with E-state index in [4.69, 9.17) is 18.9 Å². The van der Waals surface area contributed by atoms with Crippen molar-refractivity contribution in [3.63, 3.8) is 0 Å². The lowest BCUT2D eigenvalue weighted by atomic mass is 9.87. The fraction of sp³-hybridized carbons (Fsp3) is 0.128. The van der Waals surface area contributed by atoms with Gasteiger partial charge in [0.15, 0.2) is 11.5 Å². The van der Waals surface area contributed by atoms with E-state index in [0.717, 1.165) is 21.2 Å². The zero-order chi connectivity index (χ0) is 33.8. The van der Waals surface area contributed by atoms with Crippen LogP contribution in [0.1, 0.15) is 18.9 Å². The second kappa shape index (κ2) is 12.1. The van der Waals surface area contributed by atoms with Crippen LogP contribution in [0.4, 0.5) is 17.6 Å². The van der Waals surface area contributed by atoms with E-state index >= 15 is 17.6 Å². The molecule has 2 aliphatic heterocycles. The molecule has 1 saturated heterocycles. The molecule has 0 bridgehead atoms. The van der Waals surface area contributed by atoms with Gasteiger partial charge in [-0.15, -0.1) is 17.6 Å². The molecule has 4 nitrogen and oxygen atoms in total. The van der Waals surface area contributed by atoms with Gasteiger partial charge in [0, 0.05) is 17.6 Å². The molecule has 49 heavy (non-hydrogen) atoms. The van der Waals surface area contributed by atoms with Crippen molar-refractivity contribution in [1.82, 2.24) is 0 Å². The summed E-state index contributed by atoms with van der Waals surface area (Å²) in [6.07, 6.45) is -5.98. The lowest BCUT2D eigenvalue weighted by Crippen LogP contribution is -2.32. The largest absolute Gasteiger partial charge is 0.586 e. The molecule has 1 fully saturated rings. The van der Waals surface area contributed by atoms with Gasteiger partial charge >= 0.3 is 12.6 Å². The lowest BCUT2D eigenvalue weighted by molar-refractivity contribution is -0.351. The number of allylic oxidation sites excluding steroid dienone is 2. The highest BCUT2D eigenvalue weighted by molar-refractivity contribution is 7.80. The van der Waals surface area contributed by atoms with Crippen LogP contribution in [0.25, 0.3) is 5.57 Å². The molecule has 1 aliphatic carbocycles. The summed E-state index contributed by atoms with van der Waals surface area (Å²) in [5, 5.41) is 4.99. The van der Waals surface area contributed by atoms with Crippen molar-refractivity contribution < 1.29 is 36.5 Å². The van der Waals surface area contributed by atoms with Gasteiger partial charge < -0.3 is 14.2 Å². The molecule has 10 heteroatoms. The molecule has 0 N–H and O–H groups in total. The maximum absolute atomic E-state index is 15.3. The molecule has 0 amide bonds. The Balaban J connectivity index is 1.48. The zero-order valence-corrected chi connectivity index (χ0v) is 27.8. The monoisotopic (exact) mass is 698 g/mol. The van der Waals surface area contributed by atoms with Crippen molar-refractivity contribution in [3.8, 4) is 11.5 Å². The quantitative estimate of drug-likeness (QED) is 0.127. The van der Waals surface area contributed by atoms with Crippen LogP contribution in [0, 0.1) is 0 Å². The normalized spacial score (nSPS) is 20.3. The number of ether oxygens (including phenoxy) is 4. The first-order valence-electron chi connectivity index (χ1n) is 15.6. The van der Waals surface area contributed by atoms with E-state index in [1.54, 1.807) is 6.07 Å². The van der Waals surface area contributed by atoms with Crippen LogP contribution in [0.5, 0.6) is 11.5 Å². The maximum atomic E-state index is 15.3. The lowest BCUT2D eigenvalue weighted by Gasteiger charge is -2.34. The number of fused-ring (bicyclic) bond motifs is 2. The van der Waals surface area contributed by atoms with Gasteiger partial charge in [0.05, 0.1) is 0 Å². The van der Waals surface area contributed by atoms with Crippen molar-refractivity contribution >= 4 is 47.9 Å². The molecular weight excluding hydrogens is 670 g/mol. The summed E-state index contributed by atoms with van der Waals surface area (Å²) >= 11 is 0. The minimum absolute atomic E-state index is 0.0687. The molecule has 0 saturated carbocycles. The molecule has 3 aliphatic rings. The summed E-state index contributed by atoms with van der Waals surface area (Å²) < 4.78 is 81.8. The number of alkyl halides is 4.